The average molecular weight is 488 g/mol. The number of benzene rings is 2. The van der Waals surface area contributed by atoms with Gasteiger partial charge in [0.25, 0.3) is 5.91 Å². The molecular weight excluding hydrogens is 461 g/mol. The van der Waals surface area contributed by atoms with Gasteiger partial charge in [0.05, 0.1) is 17.6 Å². The third-order valence-electron chi connectivity index (χ3n) is 6.17. The molecule has 6 nitrogen and oxygen atoms in total. The van der Waals surface area contributed by atoms with Gasteiger partial charge in [0.1, 0.15) is 15.7 Å². The highest BCUT2D eigenvalue weighted by Gasteiger charge is 2.21. The quantitative estimate of drug-likeness (QED) is 0.399. The topological polar surface area (TPSA) is 61.4 Å². The third-order valence-corrected chi connectivity index (χ3v) is 7.19. The van der Waals surface area contributed by atoms with Gasteiger partial charge in [-0.15, -0.1) is 11.3 Å². The van der Waals surface area contributed by atoms with Gasteiger partial charge in [-0.05, 0) is 48.4 Å². The molecule has 1 amide bonds. The van der Waals surface area contributed by atoms with Gasteiger partial charge in [-0.1, -0.05) is 24.3 Å². The number of anilines is 2. The number of nitrogens with one attached hydrogen (secondary N) is 1. The summed E-state index contributed by atoms with van der Waals surface area (Å²) >= 11 is 1.19. The van der Waals surface area contributed by atoms with Gasteiger partial charge in [0.2, 0.25) is 0 Å². The molecule has 0 bridgehead atoms. The molecule has 5 rings (SSSR count). The predicted octanol–water partition coefficient (Wildman–Crippen LogP) is 4.96. The van der Waals surface area contributed by atoms with Crippen LogP contribution < -0.4 is 10.2 Å². The average Bonchev–Trinajstić information content (AvgIpc) is 3.39. The van der Waals surface area contributed by atoms with E-state index in [2.05, 4.69) is 37.2 Å². The molecule has 4 aromatic rings. The number of piperazine rings is 1. The number of rotatable bonds is 7. The van der Waals surface area contributed by atoms with E-state index in [9.17, 15) is 9.18 Å². The summed E-state index contributed by atoms with van der Waals surface area (Å²) in [5, 5.41) is 3.53. The van der Waals surface area contributed by atoms with Gasteiger partial charge >= 0.3 is 0 Å². The summed E-state index contributed by atoms with van der Waals surface area (Å²) in [6, 6.07) is 18.5. The van der Waals surface area contributed by atoms with E-state index < -0.39 is 0 Å². The molecule has 1 aliphatic heterocycles. The molecule has 1 N–H and O–H groups in total. The van der Waals surface area contributed by atoms with Crippen LogP contribution in [0, 0.1) is 5.82 Å². The Morgan fingerprint density at radius 3 is 2.51 bits per heavy atom. The molecule has 0 aliphatic carbocycles. The van der Waals surface area contributed by atoms with E-state index in [1.807, 2.05) is 36.7 Å². The second-order valence-corrected chi connectivity index (χ2v) is 9.45. The lowest BCUT2D eigenvalue weighted by atomic mass is 10.1. The minimum absolute atomic E-state index is 0.242. The predicted molar refractivity (Wildman–Crippen MR) is 138 cm³/mol. The van der Waals surface area contributed by atoms with Crippen molar-refractivity contribution in [2.24, 2.45) is 0 Å². The van der Waals surface area contributed by atoms with Crippen LogP contribution in [0.15, 0.2) is 79.3 Å². The molecule has 1 aliphatic rings. The Kier molecular flexibility index (Phi) is 7.11. The fraction of sp³-hybridized carbons (Fsp3) is 0.222. The summed E-state index contributed by atoms with van der Waals surface area (Å²) in [7, 11) is 0. The van der Waals surface area contributed by atoms with Gasteiger partial charge in [-0.25, -0.2) is 9.37 Å². The normalized spacial score (nSPS) is 14.1. The van der Waals surface area contributed by atoms with E-state index in [0.29, 0.717) is 15.4 Å². The molecule has 0 atom stereocenters. The maximum atomic E-state index is 14.1. The lowest BCUT2D eigenvalue weighted by molar-refractivity contribution is 0.103. The standard InChI is InChI=1S/C27H26FN5OS/c28-22-6-2-1-5-21(22)27-30-19-25(35-27)26(34)31-23-7-3-4-8-24(23)33-17-15-32(16-18-33)14-11-20-9-12-29-13-10-20/h1-10,12-13,19H,11,14-18H2,(H,31,34). The monoisotopic (exact) mass is 487 g/mol. The van der Waals surface area contributed by atoms with Crippen molar-refractivity contribution in [3.05, 3.63) is 95.5 Å². The van der Waals surface area contributed by atoms with Crippen LogP contribution in [-0.2, 0) is 6.42 Å². The van der Waals surface area contributed by atoms with Crippen molar-refractivity contribution in [2.75, 3.05) is 42.9 Å². The van der Waals surface area contributed by atoms with Crippen LogP contribution in [0.3, 0.4) is 0 Å². The number of amides is 1. The highest BCUT2D eigenvalue weighted by Crippen LogP contribution is 2.30. The van der Waals surface area contributed by atoms with Crippen LogP contribution in [-0.4, -0.2) is 53.5 Å². The first-order valence-electron chi connectivity index (χ1n) is 11.6. The maximum Gasteiger partial charge on any atom is 0.267 e. The number of aromatic nitrogens is 2. The van der Waals surface area contributed by atoms with E-state index >= 15 is 0 Å². The summed E-state index contributed by atoms with van der Waals surface area (Å²) in [6.07, 6.45) is 6.20. The number of nitrogens with zero attached hydrogens (tertiary/aromatic N) is 4. The minimum atomic E-state index is -0.348. The Labute approximate surface area is 208 Å². The summed E-state index contributed by atoms with van der Waals surface area (Å²) in [5.41, 5.74) is 3.48. The lowest BCUT2D eigenvalue weighted by Gasteiger charge is -2.37. The van der Waals surface area contributed by atoms with Crippen LogP contribution in [0.5, 0.6) is 0 Å². The molecule has 3 heterocycles. The van der Waals surface area contributed by atoms with Crippen molar-refractivity contribution in [2.45, 2.75) is 6.42 Å². The first kappa shape index (κ1) is 23.1. The fourth-order valence-corrected chi connectivity index (χ4v) is 5.06. The van der Waals surface area contributed by atoms with Crippen molar-refractivity contribution in [1.82, 2.24) is 14.9 Å². The summed E-state index contributed by atoms with van der Waals surface area (Å²) in [6.45, 7) is 4.73. The molecule has 0 radical (unpaired) electrons. The number of pyridine rings is 1. The van der Waals surface area contributed by atoms with Crippen LogP contribution in [0.1, 0.15) is 15.2 Å². The highest BCUT2D eigenvalue weighted by atomic mass is 32.1. The van der Waals surface area contributed by atoms with E-state index in [-0.39, 0.29) is 11.7 Å². The van der Waals surface area contributed by atoms with Gasteiger partial charge in [0.15, 0.2) is 0 Å². The molecule has 2 aromatic heterocycles. The Hall–Kier alpha value is -3.62. The molecule has 1 saturated heterocycles. The number of halogens is 1. The zero-order chi connectivity index (χ0) is 24.0. The lowest BCUT2D eigenvalue weighted by Crippen LogP contribution is -2.47. The van der Waals surface area contributed by atoms with E-state index in [4.69, 9.17) is 0 Å². The molecule has 35 heavy (non-hydrogen) atoms. The molecule has 0 spiro atoms. The number of carbonyl (C=O) groups excluding carboxylic acids is 1. The second kappa shape index (κ2) is 10.8. The van der Waals surface area contributed by atoms with Crippen LogP contribution >= 0.6 is 11.3 Å². The van der Waals surface area contributed by atoms with Crippen molar-refractivity contribution in [1.29, 1.82) is 0 Å². The van der Waals surface area contributed by atoms with Crippen molar-refractivity contribution >= 4 is 28.6 Å². The fourth-order valence-electron chi connectivity index (χ4n) is 4.23. The van der Waals surface area contributed by atoms with Crippen LogP contribution in [0.4, 0.5) is 15.8 Å². The van der Waals surface area contributed by atoms with Gasteiger partial charge in [-0.3, -0.25) is 14.7 Å². The van der Waals surface area contributed by atoms with Crippen LogP contribution in [0.25, 0.3) is 10.6 Å². The third kappa shape index (κ3) is 5.55. The Bertz CT molecular complexity index is 1290. The Morgan fingerprint density at radius 1 is 0.971 bits per heavy atom. The summed E-state index contributed by atoms with van der Waals surface area (Å²) in [4.78, 5) is 26.6. The number of carbonyl (C=O) groups is 1. The summed E-state index contributed by atoms with van der Waals surface area (Å²) in [5.74, 6) is -0.590. The van der Waals surface area contributed by atoms with Gasteiger partial charge < -0.3 is 10.2 Å². The zero-order valence-electron chi connectivity index (χ0n) is 19.2. The number of hydrogen-bond acceptors (Lipinski definition) is 6. The van der Waals surface area contributed by atoms with Crippen LogP contribution in [0.2, 0.25) is 0 Å². The van der Waals surface area contributed by atoms with Crippen molar-refractivity contribution < 1.29 is 9.18 Å². The molecule has 0 unspecified atom stereocenters. The maximum absolute atomic E-state index is 14.1. The van der Waals surface area contributed by atoms with Gasteiger partial charge in [0, 0.05) is 50.7 Å². The number of para-hydroxylation sites is 2. The van der Waals surface area contributed by atoms with Crippen molar-refractivity contribution in [3.63, 3.8) is 0 Å². The molecular formula is C27H26FN5OS. The largest absolute Gasteiger partial charge is 0.367 e. The molecule has 2 aromatic carbocycles. The second-order valence-electron chi connectivity index (χ2n) is 8.41. The Balaban J connectivity index is 1.21. The number of thiazole rings is 1. The minimum Gasteiger partial charge on any atom is -0.367 e. The number of hydrogen-bond donors (Lipinski definition) is 1. The molecule has 178 valence electrons. The molecule has 0 saturated carbocycles. The molecule has 8 heteroatoms. The smallest absolute Gasteiger partial charge is 0.267 e. The van der Waals surface area contributed by atoms with E-state index in [1.54, 1.807) is 18.2 Å². The van der Waals surface area contributed by atoms with E-state index in [1.165, 1.54) is 29.2 Å². The molecule has 1 fully saturated rings. The van der Waals surface area contributed by atoms with Gasteiger partial charge in [-0.2, -0.15) is 0 Å². The SMILES string of the molecule is O=C(Nc1ccccc1N1CCN(CCc2ccncc2)CC1)c1cnc(-c2ccccc2F)s1. The zero-order valence-corrected chi connectivity index (χ0v) is 20.0. The Morgan fingerprint density at radius 2 is 1.71 bits per heavy atom. The highest BCUT2D eigenvalue weighted by molar-refractivity contribution is 7.17. The van der Waals surface area contributed by atoms with E-state index in [0.717, 1.165) is 50.5 Å². The first-order chi connectivity index (χ1) is 17.2. The van der Waals surface area contributed by atoms with Crippen molar-refractivity contribution in [3.8, 4) is 10.6 Å². The summed E-state index contributed by atoms with van der Waals surface area (Å²) < 4.78 is 14.1. The first-order valence-corrected chi connectivity index (χ1v) is 12.5.